The van der Waals surface area contributed by atoms with E-state index in [4.69, 9.17) is 24.3 Å². The maximum Gasteiger partial charge on any atom is 0.472 e. The fraction of sp³-hybridized carbons (Fsp3) is 0.745. The van der Waals surface area contributed by atoms with Crippen molar-refractivity contribution in [2.75, 3.05) is 33.0 Å². The first-order valence-electron chi connectivity index (χ1n) is 24.4. The van der Waals surface area contributed by atoms with Crippen LogP contribution in [0, 0.1) is 0 Å². The molecule has 2 unspecified atom stereocenters. The lowest BCUT2D eigenvalue weighted by atomic mass is 10.1. The van der Waals surface area contributed by atoms with Gasteiger partial charge in [0.05, 0.1) is 19.8 Å². The number of unbranched alkanes of at least 4 members (excludes halogenated alkanes) is 21. The molecular formula is C51H92NO7P. The van der Waals surface area contributed by atoms with Crippen LogP contribution in [0.2, 0.25) is 0 Å². The molecule has 0 aromatic carbocycles. The van der Waals surface area contributed by atoms with E-state index in [1.807, 2.05) is 0 Å². The van der Waals surface area contributed by atoms with Crippen molar-refractivity contribution < 1.29 is 32.8 Å². The molecule has 0 saturated carbocycles. The van der Waals surface area contributed by atoms with Crippen molar-refractivity contribution in [3.8, 4) is 0 Å². The van der Waals surface area contributed by atoms with Crippen molar-refractivity contribution in [3.63, 3.8) is 0 Å². The van der Waals surface area contributed by atoms with Gasteiger partial charge >= 0.3 is 13.8 Å². The smallest absolute Gasteiger partial charge is 0.457 e. The van der Waals surface area contributed by atoms with E-state index in [0.29, 0.717) is 13.0 Å². The maximum absolute atomic E-state index is 12.6. The van der Waals surface area contributed by atoms with Crippen LogP contribution in [0.5, 0.6) is 0 Å². The Morgan fingerprint density at radius 1 is 0.517 bits per heavy atom. The molecule has 0 amide bonds. The van der Waals surface area contributed by atoms with Crippen molar-refractivity contribution in [3.05, 3.63) is 72.9 Å². The largest absolute Gasteiger partial charge is 0.472 e. The van der Waals surface area contributed by atoms with Crippen molar-refractivity contribution in [2.45, 2.75) is 213 Å². The molecule has 0 aliphatic carbocycles. The van der Waals surface area contributed by atoms with Crippen LogP contribution < -0.4 is 5.73 Å². The van der Waals surface area contributed by atoms with E-state index in [2.05, 4.69) is 86.8 Å². The Kier molecular flexibility index (Phi) is 46.3. The van der Waals surface area contributed by atoms with E-state index in [-0.39, 0.29) is 32.3 Å². The number of phosphoric ester groups is 1. The molecule has 0 radical (unpaired) electrons. The van der Waals surface area contributed by atoms with E-state index < -0.39 is 13.9 Å². The molecule has 0 aliphatic rings. The van der Waals surface area contributed by atoms with Crippen LogP contribution in [-0.2, 0) is 27.9 Å². The highest BCUT2D eigenvalue weighted by atomic mass is 31.2. The number of phosphoric acid groups is 1. The first-order valence-corrected chi connectivity index (χ1v) is 25.9. The Morgan fingerprint density at radius 3 is 1.42 bits per heavy atom. The van der Waals surface area contributed by atoms with Gasteiger partial charge in [0.15, 0.2) is 0 Å². The van der Waals surface area contributed by atoms with Gasteiger partial charge in [0, 0.05) is 19.6 Å². The van der Waals surface area contributed by atoms with Crippen LogP contribution >= 0.6 is 7.82 Å². The third-order valence-electron chi connectivity index (χ3n) is 10.1. The van der Waals surface area contributed by atoms with E-state index >= 15 is 0 Å². The first kappa shape index (κ1) is 57.9. The van der Waals surface area contributed by atoms with E-state index in [9.17, 15) is 14.3 Å². The highest BCUT2D eigenvalue weighted by Crippen LogP contribution is 2.43. The fourth-order valence-corrected chi connectivity index (χ4v) is 7.31. The summed E-state index contributed by atoms with van der Waals surface area (Å²) in [7, 11) is -4.29. The lowest BCUT2D eigenvalue weighted by Gasteiger charge is -2.20. The van der Waals surface area contributed by atoms with Gasteiger partial charge in [-0.15, -0.1) is 0 Å². The predicted octanol–water partition coefficient (Wildman–Crippen LogP) is 15.1. The summed E-state index contributed by atoms with van der Waals surface area (Å²) in [6.07, 6.45) is 60.7. The lowest BCUT2D eigenvalue weighted by molar-refractivity contribution is -0.154. The van der Waals surface area contributed by atoms with Crippen LogP contribution in [0.15, 0.2) is 72.9 Å². The van der Waals surface area contributed by atoms with Gasteiger partial charge in [0.2, 0.25) is 0 Å². The van der Waals surface area contributed by atoms with Gasteiger partial charge in [0.1, 0.15) is 6.10 Å². The van der Waals surface area contributed by atoms with Crippen molar-refractivity contribution in [2.24, 2.45) is 5.73 Å². The molecular weight excluding hydrogens is 770 g/mol. The zero-order valence-electron chi connectivity index (χ0n) is 38.7. The highest BCUT2D eigenvalue weighted by molar-refractivity contribution is 7.47. The first-order chi connectivity index (χ1) is 29.4. The molecule has 60 heavy (non-hydrogen) atoms. The number of carbonyl (C=O) groups excluding carboxylic acids is 1. The summed E-state index contributed by atoms with van der Waals surface area (Å²) in [6, 6.07) is 0. The Balaban J connectivity index is 4.04. The number of ether oxygens (including phenoxy) is 2. The summed E-state index contributed by atoms with van der Waals surface area (Å²) >= 11 is 0. The molecule has 8 nitrogen and oxygen atoms in total. The number of esters is 1. The van der Waals surface area contributed by atoms with Gasteiger partial charge in [-0.05, 0) is 83.5 Å². The quantitative estimate of drug-likeness (QED) is 0.0269. The van der Waals surface area contributed by atoms with Crippen LogP contribution in [0.4, 0.5) is 0 Å². The van der Waals surface area contributed by atoms with E-state index in [1.165, 1.54) is 103 Å². The van der Waals surface area contributed by atoms with Crippen LogP contribution in [-0.4, -0.2) is 49.9 Å². The molecule has 348 valence electrons. The number of allylic oxidation sites excluding steroid dienone is 12. The summed E-state index contributed by atoms with van der Waals surface area (Å²) < 4.78 is 33.5. The average molecular weight is 862 g/mol. The number of hydrogen-bond donors (Lipinski definition) is 2. The molecule has 0 aliphatic heterocycles. The topological polar surface area (TPSA) is 117 Å². The third-order valence-corrected chi connectivity index (χ3v) is 11.1. The minimum absolute atomic E-state index is 0.0923. The van der Waals surface area contributed by atoms with E-state index in [0.717, 1.165) is 83.5 Å². The summed E-state index contributed by atoms with van der Waals surface area (Å²) in [5.41, 5.74) is 5.38. The normalized spacial score (nSPS) is 14.0. The van der Waals surface area contributed by atoms with E-state index in [1.54, 1.807) is 0 Å². The Morgan fingerprint density at radius 2 is 0.933 bits per heavy atom. The Bertz CT molecular complexity index is 1150. The number of carbonyl (C=O) groups is 1. The molecule has 0 bridgehead atoms. The second-order valence-electron chi connectivity index (χ2n) is 15.9. The molecule has 0 aromatic rings. The molecule has 0 rings (SSSR count). The molecule has 0 spiro atoms. The molecule has 2 atom stereocenters. The Labute approximate surface area is 369 Å². The minimum atomic E-state index is -4.29. The van der Waals surface area contributed by atoms with Crippen LogP contribution in [0.25, 0.3) is 0 Å². The van der Waals surface area contributed by atoms with Gasteiger partial charge in [-0.3, -0.25) is 13.8 Å². The van der Waals surface area contributed by atoms with Gasteiger partial charge in [0.25, 0.3) is 0 Å². The molecule has 0 saturated heterocycles. The second kappa shape index (κ2) is 48.0. The zero-order valence-corrected chi connectivity index (χ0v) is 39.6. The van der Waals surface area contributed by atoms with Crippen LogP contribution in [0.1, 0.15) is 206 Å². The fourth-order valence-electron chi connectivity index (χ4n) is 6.55. The zero-order chi connectivity index (χ0) is 43.7. The SMILES string of the molecule is CC/C=C\C/C=C\C/C=C\C/C=C\C/C=C\CCCCCCOCC(COP(=O)(O)OCCN)OC(=O)CCCCCCCCCCC/C=C\CCCCCCCCCC. The highest BCUT2D eigenvalue weighted by Gasteiger charge is 2.25. The van der Waals surface area contributed by atoms with Crippen molar-refractivity contribution in [1.29, 1.82) is 0 Å². The van der Waals surface area contributed by atoms with Gasteiger partial charge in [-0.25, -0.2) is 4.57 Å². The summed E-state index contributed by atoms with van der Waals surface area (Å²) in [4.78, 5) is 22.6. The standard InChI is InChI=1S/C51H92NO7P/c1-3-5-7-9-11-13-15-17-19-21-23-25-26-28-30-32-34-36-38-40-42-44-51(53)59-50(49-58-60(54,55)57-47-45-52)48-56-46-43-41-39-37-35-33-31-29-27-24-22-20-18-16-14-12-10-8-6-4-2/h6,8,12,14,18,20-21,23-24,27,31,33,50H,3-5,7,9-11,13,15-17,19,22,25-26,28-30,32,34-49,52H2,1-2H3,(H,54,55)/b8-6-,14-12-,20-18-,23-21-,27-24-,33-31-. The molecule has 9 heteroatoms. The van der Waals surface area contributed by atoms with Crippen LogP contribution in [0.3, 0.4) is 0 Å². The monoisotopic (exact) mass is 862 g/mol. The Hall–Kier alpha value is -2.06. The third kappa shape index (κ3) is 47.0. The number of nitrogens with two attached hydrogens (primary N) is 1. The average Bonchev–Trinajstić information content (AvgIpc) is 3.24. The number of rotatable bonds is 46. The second-order valence-corrected chi connectivity index (χ2v) is 17.4. The molecule has 3 N–H and O–H groups in total. The van der Waals surface area contributed by atoms with Crippen molar-refractivity contribution >= 4 is 13.8 Å². The predicted molar refractivity (Wildman–Crippen MR) is 256 cm³/mol. The molecule has 0 aromatic heterocycles. The molecule has 0 fully saturated rings. The summed E-state index contributed by atoms with van der Waals surface area (Å²) in [6.45, 7) is 4.75. The maximum atomic E-state index is 12.6. The minimum Gasteiger partial charge on any atom is -0.457 e. The van der Waals surface area contributed by atoms with Crippen molar-refractivity contribution in [1.82, 2.24) is 0 Å². The van der Waals surface area contributed by atoms with Gasteiger partial charge in [-0.1, -0.05) is 189 Å². The van der Waals surface area contributed by atoms with Gasteiger partial charge in [-0.2, -0.15) is 0 Å². The van der Waals surface area contributed by atoms with Gasteiger partial charge < -0.3 is 20.1 Å². The number of hydrogen-bond acceptors (Lipinski definition) is 7. The lowest BCUT2D eigenvalue weighted by Crippen LogP contribution is -2.28. The summed E-state index contributed by atoms with van der Waals surface area (Å²) in [5, 5.41) is 0. The summed E-state index contributed by atoms with van der Waals surface area (Å²) in [5.74, 6) is -0.343. The molecule has 0 heterocycles.